The van der Waals surface area contributed by atoms with Gasteiger partial charge in [0.2, 0.25) is 5.91 Å². The molecule has 3 heterocycles. The molecule has 4 rings (SSSR count). The normalized spacial score (nSPS) is 21.6. The third-order valence-electron chi connectivity index (χ3n) is 5.23. The molecule has 7 nitrogen and oxygen atoms in total. The lowest BCUT2D eigenvalue weighted by molar-refractivity contribution is -0.116. The van der Waals surface area contributed by atoms with Crippen LogP contribution in [-0.4, -0.2) is 52.4 Å². The molecular formula is C19H23N5O2. The summed E-state index contributed by atoms with van der Waals surface area (Å²) < 4.78 is 1.86. The van der Waals surface area contributed by atoms with Gasteiger partial charge in [-0.1, -0.05) is 6.07 Å². The molecule has 0 aliphatic carbocycles. The van der Waals surface area contributed by atoms with E-state index < -0.39 is 0 Å². The Balaban J connectivity index is 1.35. The molecule has 26 heavy (non-hydrogen) atoms. The van der Waals surface area contributed by atoms with E-state index in [-0.39, 0.29) is 11.8 Å². The fourth-order valence-electron chi connectivity index (χ4n) is 3.81. The highest BCUT2D eigenvalue weighted by molar-refractivity contribution is 5.97. The van der Waals surface area contributed by atoms with Crippen molar-refractivity contribution in [1.82, 2.24) is 19.8 Å². The number of amides is 2. The topological polar surface area (TPSA) is 79.3 Å². The molecule has 2 aliphatic heterocycles. The van der Waals surface area contributed by atoms with E-state index in [0.29, 0.717) is 36.1 Å². The molecule has 0 radical (unpaired) electrons. The zero-order valence-corrected chi connectivity index (χ0v) is 14.6. The zero-order valence-electron chi connectivity index (χ0n) is 14.6. The number of nitrogens with zero attached hydrogens (tertiary/aromatic N) is 3. The molecular weight excluding hydrogens is 330 g/mol. The van der Waals surface area contributed by atoms with Crippen LogP contribution in [0.3, 0.4) is 0 Å². The van der Waals surface area contributed by atoms with Crippen LogP contribution in [0.15, 0.2) is 43.0 Å². The Labute approximate surface area is 152 Å². The SMILES string of the molecule is O=C(CCn1ccnc1)Nc1cccc(C(=O)N2C[C@H]3CNC[C@H]3C2)c1. The predicted octanol–water partition coefficient (Wildman–Crippen LogP) is 1.20. The molecule has 136 valence electrons. The summed E-state index contributed by atoms with van der Waals surface area (Å²) >= 11 is 0. The zero-order chi connectivity index (χ0) is 17.9. The second-order valence-corrected chi connectivity index (χ2v) is 7.07. The Morgan fingerprint density at radius 1 is 1.23 bits per heavy atom. The minimum absolute atomic E-state index is 0.0499. The number of hydrogen-bond donors (Lipinski definition) is 2. The van der Waals surface area contributed by atoms with Crippen LogP contribution in [0.25, 0.3) is 0 Å². The van der Waals surface area contributed by atoms with Crippen molar-refractivity contribution in [1.29, 1.82) is 0 Å². The molecule has 0 bridgehead atoms. The van der Waals surface area contributed by atoms with Gasteiger partial charge in [0.05, 0.1) is 6.33 Å². The number of rotatable bonds is 5. The van der Waals surface area contributed by atoms with Gasteiger partial charge >= 0.3 is 0 Å². The second-order valence-electron chi connectivity index (χ2n) is 7.07. The first-order valence-corrected chi connectivity index (χ1v) is 9.05. The first kappa shape index (κ1) is 16.8. The molecule has 2 saturated heterocycles. The van der Waals surface area contributed by atoms with Crippen molar-refractivity contribution >= 4 is 17.5 Å². The van der Waals surface area contributed by atoms with Crippen LogP contribution in [0.5, 0.6) is 0 Å². The van der Waals surface area contributed by atoms with Gasteiger partial charge in [0.25, 0.3) is 5.91 Å². The fraction of sp³-hybridized carbons (Fsp3) is 0.421. The lowest BCUT2D eigenvalue weighted by Crippen LogP contribution is -2.31. The molecule has 0 spiro atoms. The van der Waals surface area contributed by atoms with Crippen molar-refractivity contribution in [3.63, 3.8) is 0 Å². The summed E-state index contributed by atoms with van der Waals surface area (Å²) in [6, 6.07) is 7.21. The average molecular weight is 353 g/mol. The van der Waals surface area contributed by atoms with E-state index in [9.17, 15) is 9.59 Å². The van der Waals surface area contributed by atoms with Gasteiger partial charge in [-0.3, -0.25) is 9.59 Å². The molecule has 7 heteroatoms. The van der Waals surface area contributed by atoms with E-state index in [2.05, 4.69) is 15.6 Å². The summed E-state index contributed by atoms with van der Waals surface area (Å²) in [5, 5.41) is 6.26. The van der Waals surface area contributed by atoms with Gasteiger partial charge in [-0.2, -0.15) is 0 Å². The smallest absolute Gasteiger partial charge is 0.253 e. The van der Waals surface area contributed by atoms with E-state index in [1.807, 2.05) is 33.9 Å². The Kier molecular flexibility index (Phi) is 4.71. The molecule has 2 amide bonds. The summed E-state index contributed by atoms with van der Waals surface area (Å²) in [5.41, 5.74) is 1.29. The van der Waals surface area contributed by atoms with E-state index in [0.717, 1.165) is 26.2 Å². The Hall–Kier alpha value is -2.67. The third kappa shape index (κ3) is 3.62. The van der Waals surface area contributed by atoms with Crippen molar-refractivity contribution in [3.05, 3.63) is 48.5 Å². The predicted molar refractivity (Wildman–Crippen MR) is 97.7 cm³/mol. The summed E-state index contributed by atoms with van der Waals surface area (Å²) in [6.07, 6.45) is 5.56. The molecule has 2 aromatic rings. The van der Waals surface area contributed by atoms with E-state index in [1.54, 1.807) is 18.6 Å². The molecule has 0 unspecified atom stereocenters. The molecule has 0 saturated carbocycles. The van der Waals surface area contributed by atoms with E-state index >= 15 is 0 Å². The summed E-state index contributed by atoms with van der Waals surface area (Å²) in [4.78, 5) is 30.8. The highest BCUT2D eigenvalue weighted by atomic mass is 16.2. The fourth-order valence-corrected chi connectivity index (χ4v) is 3.81. The standard InChI is InChI=1S/C19H23N5O2/c25-18(4-6-23-7-5-20-13-23)22-17-3-1-2-14(8-17)19(26)24-11-15-9-21-10-16(15)12-24/h1-3,5,7-8,13,15-16,21H,4,6,9-12H2,(H,22,25)/t15-,16+. The Morgan fingerprint density at radius 2 is 2.04 bits per heavy atom. The minimum Gasteiger partial charge on any atom is -0.338 e. The monoisotopic (exact) mass is 353 g/mol. The maximum absolute atomic E-state index is 12.8. The van der Waals surface area contributed by atoms with Crippen molar-refractivity contribution in [2.75, 3.05) is 31.5 Å². The molecule has 1 aromatic carbocycles. The number of imidazole rings is 1. The van der Waals surface area contributed by atoms with Crippen LogP contribution in [0.4, 0.5) is 5.69 Å². The number of benzene rings is 1. The number of likely N-dealkylation sites (tertiary alicyclic amines) is 1. The highest BCUT2D eigenvalue weighted by Gasteiger charge is 2.38. The van der Waals surface area contributed by atoms with Crippen molar-refractivity contribution in [2.24, 2.45) is 11.8 Å². The second kappa shape index (κ2) is 7.29. The maximum atomic E-state index is 12.8. The first-order valence-electron chi connectivity index (χ1n) is 9.05. The molecule has 1 aromatic heterocycles. The Bertz CT molecular complexity index is 777. The quantitative estimate of drug-likeness (QED) is 0.847. The maximum Gasteiger partial charge on any atom is 0.253 e. The van der Waals surface area contributed by atoms with Gasteiger partial charge in [-0.15, -0.1) is 0 Å². The summed E-state index contributed by atoms with van der Waals surface area (Å²) in [6.45, 7) is 4.22. The van der Waals surface area contributed by atoms with Gasteiger partial charge < -0.3 is 20.1 Å². The van der Waals surface area contributed by atoms with Gasteiger partial charge in [-0.05, 0) is 30.0 Å². The number of fused-ring (bicyclic) bond motifs is 1. The van der Waals surface area contributed by atoms with E-state index in [4.69, 9.17) is 0 Å². The van der Waals surface area contributed by atoms with Gasteiger partial charge in [0.15, 0.2) is 0 Å². The van der Waals surface area contributed by atoms with Gasteiger partial charge in [-0.25, -0.2) is 4.98 Å². The molecule has 2 atom stereocenters. The number of hydrogen-bond acceptors (Lipinski definition) is 4. The average Bonchev–Trinajstić information content (AvgIpc) is 3.36. The minimum atomic E-state index is -0.0786. The van der Waals surface area contributed by atoms with Crippen LogP contribution in [0.2, 0.25) is 0 Å². The van der Waals surface area contributed by atoms with E-state index in [1.165, 1.54) is 0 Å². The van der Waals surface area contributed by atoms with Gasteiger partial charge in [0, 0.05) is 62.8 Å². The van der Waals surface area contributed by atoms with Crippen LogP contribution < -0.4 is 10.6 Å². The van der Waals surface area contributed by atoms with Crippen LogP contribution in [0, 0.1) is 11.8 Å². The van der Waals surface area contributed by atoms with Crippen molar-refractivity contribution < 1.29 is 9.59 Å². The molecule has 2 N–H and O–H groups in total. The van der Waals surface area contributed by atoms with Crippen molar-refractivity contribution in [3.8, 4) is 0 Å². The number of nitrogens with one attached hydrogen (secondary N) is 2. The van der Waals surface area contributed by atoms with Crippen molar-refractivity contribution in [2.45, 2.75) is 13.0 Å². The van der Waals surface area contributed by atoms with Crippen LogP contribution in [0.1, 0.15) is 16.8 Å². The number of carbonyl (C=O) groups excluding carboxylic acids is 2. The number of anilines is 1. The largest absolute Gasteiger partial charge is 0.338 e. The number of aryl methyl sites for hydroxylation is 1. The molecule has 2 aliphatic rings. The highest BCUT2D eigenvalue weighted by Crippen LogP contribution is 2.27. The number of aromatic nitrogens is 2. The van der Waals surface area contributed by atoms with Crippen LogP contribution >= 0.6 is 0 Å². The summed E-state index contributed by atoms with van der Waals surface area (Å²) in [7, 11) is 0. The number of carbonyl (C=O) groups is 2. The lowest BCUT2D eigenvalue weighted by atomic mass is 10.0. The first-order chi connectivity index (χ1) is 12.7. The Morgan fingerprint density at radius 3 is 2.77 bits per heavy atom. The lowest BCUT2D eigenvalue weighted by Gasteiger charge is -2.18. The summed E-state index contributed by atoms with van der Waals surface area (Å²) in [5.74, 6) is 1.12. The third-order valence-corrected chi connectivity index (χ3v) is 5.23. The van der Waals surface area contributed by atoms with Crippen LogP contribution in [-0.2, 0) is 11.3 Å². The molecule has 2 fully saturated rings. The van der Waals surface area contributed by atoms with Gasteiger partial charge in [0.1, 0.15) is 0 Å².